The van der Waals surface area contributed by atoms with E-state index in [4.69, 9.17) is 0 Å². The number of benzene rings is 3. The van der Waals surface area contributed by atoms with Crippen molar-refractivity contribution in [3.8, 4) is 11.5 Å². The Morgan fingerprint density at radius 2 is 1.65 bits per heavy atom. The molecule has 0 bridgehead atoms. The van der Waals surface area contributed by atoms with E-state index in [1.165, 1.54) is 12.1 Å². The molecule has 4 rings (SSSR count). The summed E-state index contributed by atoms with van der Waals surface area (Å²) in [5.41, 5.74) is 2.84. The van der Waals surface area contributed by atoms with Crippen LogP contribution in [0.2, 0.25) is 0 Å². The Labute approximate surface area is 151 Å². The normalized spacial score (nSPS) is 16.1. The number of amides is 1. The maximum Gasteiger partial charge on any atom is 0.258 e. The SMILES string of the molecule is O=C1c2ccccc2N[C@H](c2ccc(O)cc2O)N1Cc1ccccc1. The van der Waals surface area contributed by atoms with Gasteiger partial charge in [-0.05, 0) is 29.8 Å². The third-order valence-electron chi connectivity index (χ3n) is 4.53. The van der Waals surface area contributed by atoms with Crippen molar-refractivity contribution in [1.29, 1.82) is 0 Å². The Morgan fingerprint density at radius 1 is 0.923 bits per heavy atom. The van der Waals surface area contributed by atoms with Gasteiger partial charge >= 0.3 is 0 Å². The molecule has 1 atom stereocenters. The first-order valence-corrected chi connectivity index (χ1v) is 8.36. The second-order valence-electron chi connectivity index (χ2n) is 6.25. The van der Waals surface area contributed by atoms with Crippen LogP contribution in [0.1, 0.15) is 27.7 Å². The molecule has 0 aliphatic carbocycles. The van der Waals surface area contributed by atoms with Gasteiger partial charge in [-0.3, -0.25) is 4.79 Å². The summed E-state index contributed by atoms with van der Waals surface area (Å²) in [6.45, 7) is 0.395. The van der Waals surface area contributed by atoms with Gasteiger partial charge in [0.25, 0.3) is 5.91 Å². The summed E-state index contributed by atoms with van der Waals surface area (Å²) in [4.78, 5) is 14.8. The second-order valence-corrected chi connectivity index (χ2v) is 6.25. The molecule has 5 nitrogen and oxygen atoms in total. The molecule has 1 heterocycles. The largest absolute Gasteiger partial charge is 0.508 e. The molecule has 0 fully saturated rings. The number of phenols is 2. The second kappa shape index (κ2) is 6.44. The van der Waals surface area contributed by atoms with Crippen LogP contribution in [0.25, 0.3) is 0 Å². The van der Waals surface area contributed by atoms with E-state index >= 15 is 0 Å². The molecule has 0 radical (unpaired) electrons. The van der Waals surface area contributed by atoms with E-state index in [2.05, 4.69) is 5.32 Å². The number of para-hydroxylation sites is 1. The predicted molar refractivity (Wildman–Crippen MR) is 98.9 cm³/mol. The Kier molecular flexibility index (Phi) is 3.97. The van der Waals surface area contributed by atoms with E-state index in [0.717, 1.165) is 11.3 Å². The Bertz CT molecular complexity index is 956. The maximum atomic E-state index is 13.1. The monoisotopic (exact) mass is 346 g/mol. The van der Waals surface area contributed by atoms with Crippen molar-refractivity contribution in [2.45, 2.75) is 12.7 Å². The quantitative estimate of drug-likeness (QED) is 0.673. The lowest BCUT2D eigenvalue weighted by atomic mass is 10.0. The number of carbonyl (C=O) groups is 1. The highest BCUT2D eigenvalue weighted by Crippen LogP contribution is 2.38. The van der Waals surface area contributed by atoms with Gasteiger partial charge in [0.2, 0.25) is 0 Å². The number of hydrogen-bond donors (Lipinski definition) is 3. The molecule has 3 aromatic rings. The van der Waals surface area contributed by atoms with Gasteiger partial charge in [0.1, 0.15) is 17.7 Å². The molecular weight excluding hydrogens is 328 g/mol. The zero-order valence-corrected chi connectivity index (χ0v) is 14.0. The molecule has 3 N–H and O–H groups in total. The minimum atomic E-state index is -0.543. The first-order valence-electron chi connectivity index (χ1n) is 8.36. The van der Waals surface area contributed by atoms with Crippen LogP contribution in [0.3, 0.4) is 0 Å². The number of carbonyl (C=O) groups excluding carboxylic acids is 1. The third kappa shape index (κ3) is 2.84. The van der Waals surface area contributed by atoms with Crippen molar-refractivity contribution >= 4 is 11.6 Å². The summed E-state index contributed by atoms with van der Waals surface area (Å²) >= 11 is 0. The van der Waals surface area contributed by atoms with Gasteiger partial charge < -0.3 is 20.4 Å². The van der Waals surface area contributed by atoms with Crippen LogP contribution in [0.5, 0.6) is 11.5 Å². The lowest BCUT2D eigenvalue weighted by molar-refractivity contribution is 0.0665. The van der Waals surface area contributed by atoms with Crippen molar-refractivity contribution in [3.05, 3.63) is 89.5 Å². The predicted octanol–water partition coefficient (Wildman–Crippen LogP) is 3.86. The van der Waals surface area contributed by atoms with Crippen LogP contribution < -0.4 is 5.32 Å². The molecule has 26 heavy (non-hydrogen) atoms. The van der Waals surface area contributed by atoms with E-state index in [-0.39, 0.29) is 17.4 Å². The van der Waals surface area contributed by atoms with Crippen molar-refractivity contribution < 1.29 is 15.0 Å². The lowest BCUT2D eigenvalue weighted by Crippen LogP contribution is -2.42. The molecule has 1 amide bonds. The van der Waals surface area contributed by atoms with Gasteiger partial charge in [0, 0.05) is 23.9 Å². The van der Waals surface area contributed by atoms with E-state index in [1.54, 1.807) is 17.0 Å². The molecule has 1 aliphatic heterocycles. The fourth-order valence-electron chi connectivity index (χ4n) is 3.24. The van der Waals surface area contributed by atoms with Crippen LogP contribution in [0.15, 0.2) is 72.8 Å². The van der Waals surface area contributed by atoms with E-state index in [9.17, 15) is 15.0 Å². The van der Waals surface area contributed by atoms with Crippen LogP contribution in [-0.2, 0) is 6.54 Å². The Hall–Kier alpha value is -3.47. The molecule has 130 valence electrons. The van der Waals surface area contributed by atoms with Crippen molar-refractivity contribution in [1.82, 2.24) is 4.90 Å². The van der Waals surface area contributed by atoms with Gasteiger partial charge in [0.15, 0.2) is 0 Å². The van der Waals surface area contributed by atoms with Crippen LogP contribution in [-0.4, -0.2) is 21.0 Å². The molecule has 3 aromatic carbocycles. The zero-order valence-electron chi connectivity index (χ0n) is 14.0. The first-order chi connectivity index (χ1) is 12.6. The van der Waals surface area contributed by atoms with E-state index < -0.39 is 6.17 Å². The number of rotatable bonds is 3. The Balaban J connectivity index is 1.79. The molecular formula is C21H18N2O3. The molecule has 0 saturated heterocycles. The number of hydrogen-bond acceptors (Lipinski definition) is 4. The van der Waals surface area contributed by atoms with Gasteiger partial charge in [-0.1, -0.05) is 42.5 Å². The smallest absolute Gasteiger partial charge is 0.258 e. The summed E-state index contributed by atoms with van der Waals surface area (Å²) < 4.78 is 0. The number of anilines is 1. The van der Waals surface area contributed by atoms with E-state index in [0.29, 0.717) is 17.7 Å². The van der Waals surface area contributed by atoms with Gasteiger partial charge in [0.05, 0.1) is 5.56 Å². The van der Waals surface area contributed by atoms with Gasteiger partial charge in [-0.2, -0.15) is 0 Å². The van der Waals surface area contributed by atoms with Gasteiger partial charge in [-0.25, -0.2) is 0 Å². The summed E-state index contributed by atoms with van der Waals surface area (Å²) in [6, 6.07) is 21.4. The highest BCUT2D eigenvalue weighted by atomic mass is 16.3. The average Bonchev–Trinajstić information content (AvgIpc) is 2.65. The zero-order chi connectivity index (χ0) is 18.1. The minimum absolute atomic E-state index is 0.0246. The summed E-state index contributed by atoms with van der Waals surface area (Å²) in [6.07, 6.45) is -0.543. The molecule has 0 spiro atoms. The molecule has 0 aromatic heterocycles. The molecule has 0 unspecified atom stereocenters. The highest BCUT2D eigenvalue weighted by Gasteiger charge is 2.34. The third-order valence-corrected chi connectivity index (χ3v) is 4.53. The number of nitrogens with one attached hydrogen (secondary N) is 1. The average molecular weight is 346 g/mol. The minimum Gasteiger partial charge on any atom is -0.508 e. The summed E-state index contributed by atoms with van der Waals surface area (Å²) in [7, 11) is 0. The maximum absolute atomic E-state index is 13.1. The fourth-order valence-corrected chi connectivity index (χ4v) is 3.24. The topological polar surface area (TPSA) is 72.8 Å². The highest BCUT2D eigenvalue weighted by molar-refractivity contribution is 6.01. The number of fused-ring (bicyclic) bond motifs is 1. The number of nitrogens with zero attached hydrogens (tertiary/aromatic N) is 1. The van der Waals surface area contributed by atoms with Crippen LogP contribution >= 0.6 is 0 Å². The lowest BCUT2D eigenvalue weighted by Gasteiger charge is -2.38. The number of phenolic OH excluding ortho intramolecular Hbond substituents is 2. The van der Waals surface area contributed by atoms with Crippen molar-refractivity contribution in [3.63, 3.8) is 0 Å². The summed E-state index contributed by atoms with van der Waals surface area (Å²) in [5, 5.41) is 23.2. The standard InChI is InChI=1S/C21H18N2O3/c24-15-10-11-17(19(25)12-15)20-22-18-9-5-4-8-16(18)21(26)23(20)13-14-6-2-1-3-7-14/h1-12,20,22,24-25H,13H2/t20-/m0/s1. The van der Waals surface area contributed by atoms with Crippen molar-refractivity contribution in [2.24, 2.45) is 0 Å². The number of aromatic hydroxyl groups is 2. The van der Waals surface area contributed by atoms with E-state index in [1.807, 2.05) is 48.5 Å². The summed E-state index contributed by atoms with van der Waals surface area (Å²) in [5.74, 6) is -0.197. The first kappa shape index (κ1) is 16.0. The van der Waals surface area contributed by atoms with Crippen molar-refractivity contribution in [2.75, 3.05) is 5.32 Å². The van der Waals surface area contributed by atoms with Crippen LogP contribution in [0, 0.1) is 0 Å². The molecule has 0 saturated carbocycles. The Morgan fingerprint density at radius 3 is 2.42 bits per heavy atom. The molecule has 1 aliphatic rings. The molecule has 5 heteroatoms. The fraction of sp³-hybridized carbons (Fsp3) is 0.0952. The van der Waals surface area contributed by atoms with Crippen LogP contribution in [0.4, 0.5) is 5.69 Å². The van der Waals surface area contributed by atoms with Gasteiger partial charge in [-0.15, -0.1) is 0 Å².